The molecule has 1 amide bonds. The molecule has 2 aromatic heterocycles. The maximum Gasteiger partial charge on any atom is 0.251 e. The van der Waals surface area contributed by atoms with Gasteiger partial charge in [0.05, 0.1) is 27.6 Å². The molecule has 1 fully saturated rings. The monoisotopic (exact) mass is 419 g/mol. The minimum absolute atomic E-state index is 0.139. The molecule has 0 aromatic carbocycles. The Morgan fingerprint density at radius 3 is 2.82 bits per heavy atom. The number of rotatable bonds is 3. The van der Waals surface area contributed by atoms with Gasteiger partial charge in [-0.2, -0.15) is 0 Å². The largest absolute Gasteiger partial charge is 0.394 e. The molecule has 118 valence electrons. The first kappa shape index (κ1) is 15.4. The van der Waals surface area contributed by atoms with Crippen molar-refractivity contribution in [2.24, 2.45) is 5.73 Å². The van der Waals surface area contributed by atoms with Crippen LogP contribution >= 0.6 is 22.6 Å². The Morgan fingerprint density at radius 1 is 1.50 bits per heavy atom. The van der Waals surface area contributed by atoms with Crippen molar-refractivity contribution >= 4 is 45.3 Å². The first-order valence-electron chi connectivity index (χ1n) is 6.45. The number of nitrogen functional groups attached to an aromatic ring is 1. The van der Waals surface area contributed by atoms with E-state index in [0.717, 1.165) is 0 Å². The van der Waals surface area contributed by atoms with Crippen molar-refractivity contribution in [2.45, 2.75) is 22.4 Å². The minimum Gasteiger partial charge on any atom is -0.394 e. The molecule has 1 saturated heterocycles. The lowest BCUT2D eigenvalue weighted by molar-refractivity contribution is -0.0428. The Morgan fingerprint density at radius 2 is 2.23 bits per heavy atom. The molecule has 3 heterocycles. The van der Waals surface area contributed by atoms with Crippen LogP contribution in [0.4, 0.5) is 5.82 Å². The van der Waals surface area contributed by atoms with E-state index in [4.69, 9.17) is 16.2 Å². The van der Waals surface area contributed by atoms with Gasteiger partial charge in [-0.3, -0.25) is 4.79 Å². The summed E-state index contributed by atoms with van der Waals surface area (Å²) in [5, 5.41) is 19.7. The van der Waals surface area contributed by atoms with E-state index in [0.29, 0.717) is 11.0 Å². The summed E-state index contributed by atoms with van der Waals surface area (Å²) in [7, 11) is 0. The zero-order valence-corrected chi connectivity index (χ0v) is 13.4. The number of hydrogen-bond donors (Lipinski definition) is 4. The summed E-state index contributed by atoms with van der Waals surface area (Å²) in [6.07, 6.45) is 0.596. The maximum absolute atomic E-state index is 11.6. The van der Waals surface area contributed by atoms with Crippen LogP contribution in [0.2, 0.25) is 0 Å². The zero-order valence-electron chi connectivity index (χ0n) is 11.3. The van der Waals surface area contributed by atoms with Crippen molar-refractivity contribution in [3.05, 3.63) is 18.1 Å². The van der Waals surface area contributed by atoms with Crippen molar-refractivity contribution in [3.8, 4) is 0 Å². The Hall–Kier alpha value is -1.50. The van der Waals surface area contributed by atoms with Crippen LogP contribution in [0.3, 0.4) is 0 Å². The fourth-order valence-electron chi connectivity index (χ4n) is 2.57. The summed E-state index contributed by atoms with van der Waals surface area (Å²) in [4.78, 5) is 19.6. The Bertz CT molecular complexity index is 736. The molecular weight excluding hydrogens is 405 g/mol. The Labute approximate surface area is 138 Å². The number of hydrogen-bond acceptors (Lipinski definition) is 7. The number of aliphatic hydroxyl groups excluding tert-OH is 2. The SMILES string of the molecule is NC(=O)c1cn([C@@H]2O[C@H](CO)[C@@H](O)[C@@H]2I)c2ncnc(N)c12. The van der Waals surface area contributed by atoms with Crippen LogP contribution in [0.1, 0.15) is 16.6 Å². The van der Waals surface area contributed by atoms with Gasteiger partial charge in [0.15, 0.2) is 0 Å². The quantitative estimate of drug-likeness (QED) is 0.375. The first-order valence-corrected chi connectivity index (χ1v) is 7.69. The molecule has 0 bridgehead atoms. The van der Waals surface area contributed by atoms with Gasteiger partial charge in [0.2, 0.25) is 0 Å². The van der Waals surface area contributed by atoms with Crippen molar-refractivity contribution in [1.29, 1.82) is 0 Å². The number of fused-ring (bicyclic) bond motifs is 1. The Kier molecular flexibility index (Phi) is 3.92. The van der Waals surface area contributed by atoms with E-state index < -0.39 is 24.3 Å². The van der Waals surface area contributed by atoms with Crippen LogP contribution in [0.5, 0.6) is 0 Å². The molecule has 4 atom stereocenters. The standard InChI is InChI=1S/C12H14IN5O4/c13-7-8(20)5(2-19)22-12(7)18-1-4(10(15)21)6-9(14)16-3-17-11(6)18/h1,3,5,7-8,12,19-20H,2H2,(H2,15,21)(H2,14,16,17)/t5-,7+,8-,12-/m1/s1. The van der Waals surface area contributed by atoms with E-state index >= 15 is 0 Å². The van der Waals surface area contributed by atoms with Gasteiger partial charge in [-0.1, -0.05) is 22.6 Å². The summed E-state index contributed by atoms with van der Waals surface area (Å²) in [6.45, 7) is -0.309. The lowest BCUT2D eigenvalue weighted by atomic mass is 10.2. The van der Waals surface area contributed by atoms with E-state index in [1.54, 1.807) is 4.57 Å². The van der Waals surface area contributed by atoms with Crippen LogP contribution in [-0.4, -0.2) is 53.4 Å². The van der Waals surface area contributed by atoms with Crippen LogP contribution in [0.15, 0.2) is 12.5 Å². The van der Waals surface area contributed by atoms with E-state index in [-0.39, 0.29) is 21.9 Å². The highest BCUT2D eigenvalue weighted by Gasteiger charge is 2.43. The highest BCUT2D eigenvalue weighted by atomic mass is 127. The third-order valence-corrected chi connectivity index (χ3v) is 5.00. The maximum atomic E-state index is 11.6. The van der Waals surface area contributed by atoms with Gasteiger partial charge in [-0.15, -0.1) is 0 Å². The molecule has 22 heavy (non-hydrogen) atoms. The molecule has 1 aliphatic heterocycles. The third-order valence-electron chi connectivity index (χ3n) is 3.65. The van der Waals surface area contributed by atoms with Crippen molar-refractivity contribution in [2.75, 3.05) is 12.3 Å². The van der Waals surface area contributed by atoms with E-state index in [9.17, 15) is 15.0 Å². The number of anilines is 1. The van der Waals surface area contributed by atoms with Gasteiger partial charge in [-0.05, 0) is 0 Å². The average Bonchev–Trinajstić information content (AvgIpc) is 3.00. The van der Waals surface area contributed by atoms with Crippen LogP contribution in [0.25, 0.3) is 11.0 Å². The summed E-state index contributed by atoms with van der Waals surface area (Å²) < 4.78 is 6.91. The topological polar surface area (TPSA) is 150 Å². The van der Waals surface area contributed by atoms with E-state index in [2.05, 4.69) is 9.97 Å². The molecule has 10 heteroatoms. The van der Waals surface area contributed by atoms with Crippen LogP contribution in [-0.2, 0) is 4.74 Å². The predicted molar refractivity (Wildman–Crippen MR) is 85.3 cm³/mol. The first-order chi connectivity index (χ1) is 10.5. The average molecular weight is 419 g/mol. The number of nitrogens with two attached hydrogens (primary N) is 2. The van der Waals surface area contributed by atoms with Crippen molar-refractivity contribution < 1.29 is 19.7 Å². The second-order valence-corrected chi connectivity index (χ2v) is 6.39. The van der Waals surface area contributed by atoms with E-state index in [1.807, 2.05) is 22.6 Å². The number of nitrogens with zero attached hydrogens (tertiary/aromatic N) is 3. The molecule has 2 aromatic rings. The number of carbonyl (C=O) groups excluding carboxylic acids is 1. The van der Waals surface area contributed by atoms with Crippen LogP contribution < -0.4 is 11.5 Å². The number of halogens is 1. The second kappa shape index (κ2) is 5.61. The minimum atomic E-state index is -0.843. The fourth-order valence-corrected chi connectivity index (χ4v) is 3.55. The van der Waals surface area contributed by atoms with Crippen LogP contribution in [0, 0.1) is 0 Å². The van der Waals surface area contributed by atoms with Gasteiger partial charge in [-0.25, -0.2) is 9.97 Å². The lowest BCUT2D eigenvalue weighted by Crippen LogP contribution is -2.29. The third kappa shape index (κ3) is 2.22. The predicted octanol–water partition coefficient (Wildman–Crippen LogP) is -0.833. The molecule has 6 N–H and O–H groups in total. The molecule has 0 spiro atoms. The molecule has 0 unspecified atom stereocenters. The fraction of sp³-hybridized carbons (Fsp3) is 0.417. The molecule has 0 aliphatic carbocycles. The number of alkyl halides is 1. The molecule has 3 rings (SSSR count). The normalized spacial score (nSPS) is 28.3. The zero-order chi connectivity index (χ0) is 16.0. The molecule has 0 radical (unpaired) electrons. The van der Waals surface area contributed by atoms with Gasteiger partial charge >= 0.3 is 0 Å². The lowest BCUT2D eigenvalue weighted by Gasteiger charge is -2.17. The number of aliphatic hydroxyl groups is 2. The van der Waals surface area contributed by atoms with Gasteiger partial charge in [0.1, 0.15) is 30.1 Å². The number of amides is 1. The highest BCUT2D eigenvalue weighted by molar-refractivity contribution is 14.1. The smallest absolute Gasteiger partial charge is 0.251 e. The molecule has 1 aliphatic rings. The summed E-state index contributed by atoms with van der Waals surface area (Å²) in [6, 6.07) is 0. The van der Waals surface area contributed by atoms with Crippen molar-refractivity contribution in [3.63, 3.8) is 0 Å². The molecular formula is C12H14IN5O4. The van der Waals surface area contributed by atoms with Crippen molar-refractivity contribution in [1.82, 2.24) is 14.5 Å². The second-order valence-electron chi connectivity index (χ2n) is 4.95. The molecule has 9 nitrogen and oxygen atoms in total. The van der Waals surface area contributed by atoms with Gasteiger partial charge < -0.3 is 31.0 Å². The molecule has 0 saturated carbocycles. The number of aromatic nitrogens is 3. The summed E-state index contributed by atoms with van der Waals surface area (Å²) >= 11 is 2.03. The van der Waals surface area contributed by atoms with Gasteiger partial charge in [0.25, 0.3) is 5.91 Å². The number of carbonyl (C=O) groups is 1. The number of primary amides is 1. The summed E-state index contributed by atoms with van der Waals surface area (Å²) in [5.41, 5.74) is 11.8. The summed E-state index contributed by atoms with van der Waals surface area (Å²) in [5.74, 6) is -0.521. The number of ether oxygens (including phenoxy) is 1. The Balaban J connectivity index is 2.16. The van der Waals surface area contributed by atoms with E-state index in [1.165, 1.54) is 12.5 Å². The van der Waals surface area contributed by atoms with Gasteiger partial charge in [0, 0.05) is 6.20 Å². The highest BCUT2D eigenvalue weighted by Crippen LogP contribution is 2.38.